The maximum atomic E-state index is 12.6. The van der Waals surface area contributed by atoms with Crippen LogP contribution < -0.4 is 0 Å². The predicted octanol–water partition coefficient (Wildman–Crippen LogP) is 2.25. The molecule has 1 heterocycles. The van der Waals surface area contributed by atoms with Crippen molar-refractivity contribution in [3.8, 4) is 0 Å². The van der Waals surface area contributed by atoms with E-state index < -0.39 is 10.0 Å². The van der Waals surface area contributed by atoms with Crippen molar-refractivity contribution in [1.29, 1.82) is 0 Å². The number of hydrogen-bond donors (Lipinski definition) is 0. The number of ether oxygens (including phenoxy) is 1. The zero-order valence-electron chi connectivity index (χ0n) is 10.2. The van der Waals surface area contributed by atoms with Crippen LogP contribution in [-0.2, 0) is 14.8 Å². The fourth-order valence-electron chi connectivity index (χ4n) is 2.04. The van der Waals surface area contributed by atoms with Gasteiger partial charge in [-0.05, 0) is 24.6 Å². The van der Waals surface area contributed by atoms with Gasteiger partial charge in [0.15, 0.2) is 0 Å². The van der Waals surface area contributed by atoms with Crippen LogP contribution in [0.5, 0.6) is 0 Å². The number of benzene rings is 1. The summed E-state index contributed by atoms with van der Waals surface area (Å²) in [6.45, 7) is 3.34. The molecular formula is C12H16BrNO3S. The normalized spacial score (nSPS) is 22.0. The van der Waals surface area contributed by atoms with Crippen molar-refractivity contribution in [2.24, 2.45) is 0 Å². The number of nitrogens with zero attached hydrogens (tertiary/aromatic N) is 1. The zero-order chi connectivity index (χ0) is 13.2. The van der Waals surface area contributed by atoms with Gasteiger partial charge >= 0.3 is 0 Å². The molecule has 0 radical (unpaired) electrons. The van der Waals surface area contributed by atoms with Crippen molar-refractivity contribution >= 4 is 26.0 Å². The van der Waals surface area contributed by atoms with Crippen molar-refractivity contribution < 1.29 is 13.2 Å². The van der Waals surface area contributed by atoms with Crippen LogP contribution in [0, 0.1) is 0 Å². The number of halogens is 1. The Morgan fingerprint density at radius 3 is 2.94 bits per heavy atom. The molecule has 18 heavy (non-hydrogen) atoms. The molecule has 1 saturated heterocycles. The fraction of sp³-hybridized carbons (Fsp3) is 0.500. The molecule has 1 fully saturated rings. The summed E-state index contributed by atoms with van der Waals surface area (Å²) in [5.41, 5.74) is 0. The molecule has 0 amide bonds. The largest absolute Gasteiger partial charge is 0.378 e. The first-order chi connectivity index (χ1) is 8.55. The first kappa shape index (κ1) is 14.0. The third kappa shape index (κ3) is 2.77. The van der Waals surface area contributed by atoms with Gasteiger partial charge in [-0.25, -0.2) is 8.42 Å². The molecule has 0 aliphatic carbocycles. The topological polar surface area (TPSA) is 46.6 Å². The molecule has 1 aliphatic heterocycles. The van der Waals surface area contributed by atoms with Crippen LogP contribution in [0.3, 0.4) is 0 Å². The second-order valence-electron chi connectivity index (χ2n) is 4.21. The fourth-order valence-corrected chi connectivity index (χ4v) is 4.31. The van der Waals surface area contributed by atoms with Gasteiger partial charge in [0.25, 0.3) is 0 Å². The maximum Gasteiger partial charge on any atom is 0.243 e. The zero-order valence-corrected chi connectivity index (χ0v) is 12.6. The minimum atomic E-state index is -3.42. The number of rotatable bonds is 3. The summed E-state index contributed by atoms with van der Waals surface area (Å²) >= 11 is 3.30. The maximum absolute atomic E-state index is 12.6. The van der Waals surface area contributed by atoms with Crippen molar-refractivity contribution in [1.82, 2.24) is 4.31 Å². The average Bonchev–Trinajstić information content (AvgIpc) is 2.38. The highest BCUT2D eigenvalue weighted by Gasteiger charge is 2.32. The Labute approximate surface area is 116 Å². The molecule has 0 aromatic heterocycles. The number of hydrogen-bond acceptors (Lipinski definition) is 3. The van der Waals surface area contributed by atoms with Gasteiger partial charge in [0, 0.05) is 17.1 Å². The highest BCUT2D eigenvalue weighted by atomic mass is 79.9. The highest BCUT2D eigenvalue weighted by molar-refractivity contribution is 9.10. The molecule has 4 nitrogen and oxygen atoms in total. The van der Waals surface area contributed by atoms with Gasteiger partial charge < -0.3 is 4.74 Å². The molecule has 1 aliphatic rings. The van der Waals surface area contributed by atoms with E-state index in [1.165, 1.54) is 0 Å². The molecular weight excluding hydrogens is 318 g/mol. The first-order valence-electron chi connectivity index (χ1n) is 5.91. The quantitative estimate of drug-likeness (QED) is 0.852. The van der Waals surface area contributed by atoms with Crippen LogP contribution in [0.1, 0.15) is 13.3 Å². The number of morpholine rings is 1. The summed E-state index contributed by atoms with van der Waals surface area (Å²) in [5, 5.41) is 0. The van der Waals surface area contributed by atoms with E-state index in [1.54, 1.807) is 22.5 Å². The SMILES string of the molecule is CCC1COCCN1S(=O)(=O)c1cccc(Br)c1. The summed E-state index contributed by atoms with van der Waals surface area (Å²) in [6, 6.07) is 6.75. The molecule has 0 bridgehead atoms. The van der Waals surface area contributed by atoms with Gasteiger partial charge in [-0.3, -0.25) is 0 Å². The molecule has 0 N–H and O–H groups in total. The Morgan fingerprint density at radius 1 is 1.50 bits per heavy atom. The summed E-state index contributed by atoms with van der Waals surface area (Å²) in [7, 11) is -3.42. The van der Waals surface area contributed by atoms with E-state index in [1.807, 2.05) is 13.0 Å². The number of sulfonamides is 1. The Morgan fingerprint density at radius 2 is 2.28 bits per heavy atom. The third-order valence-electron chi connectivity index (χ3n) is 3.05. The van der Waals surface area contributed by atoms with Crippen LogP contribution in [0.2, 0.25) is 0 Å². The smallest absolute Gasteiger partial charge is 0.243 e. The summed E-state index contributed by atoms with van der Waals surface area (Å²) in [4.78, 5) is 0.331. The van der Waals surface area contributed by atoms with Gasteiger partial charge in [0.05, 0.1) is 18.1 Å². The van der Waals surface area contributed by atoms with Gasteiger partial charge in [0.2, 0.25) is 10.0 Å². The van der Waals surface area contributed by atoms with E-state index in [0.29, 0.717) is 24.7 Å². The molecule has 0 saturated carbocycles. The lowest BCUT2D eigenvalue weighted by Gasteiger charge is -2.33. The van der Waals surface area contributed by atoms with Gasteiger partial charge in [0.1, 0.15) is 0 Å². The second-order valence-corrected chi connectivity index (χ2v) is 7.02. The highest BCUT2D eigenvalue weighted by Crippen LogP contribution is 2.24. The Balaban J connectivity index is 2.35. The first-order valence-corrected chi connectivity index (χ1v) is 8.14. The van der Waals surface area contributed by atoms with Crippen LogP contribution >= 0.6 is 15.9 Å². The molecule has 6 heteroatoms. The van der Waals surface area contributed by atoms with Crippen molar-refractivity contribution in [3.63, 3.8) is 0 Å². The van der Waals surface area contributed by atoms with E-state index in [2.05, 4.69) is 15.9 Å². The van der Waals surface area contributed by atoms with Gasteiger partial charge in [-0.2, -0.15) is 4.31 Å². The second kappa shape index (κ2) is 5.69. The molecule has 1 atom stereocenters. The van der Waals surface area contributed by atoms with Gasteiger partial charge in [-0.15, -0.1) is 0 Å². The van der Waals surface area contributed by atoms with E-state index in [4.69, 9.17) is 4.74 Å². The Hall–Kier alpha value is -0.430. The lowest BCUT2D eigenvalue weighted by atomic mass is 10.2. The predicted molar refractivity (Wildman–Crippen MR) is 72.9 cm³/mol. The molecule has 0 spiro atoms. The monoisotopic (exact) mass is 333 g/mol. The van der Waals surface area contributed by atoms with E-state index in [0.717, 1.165) is 10.9 Å². The average molecular weight is 334 g/mol. The lowest BCUT2D eigenvalue weighted by Crippen LogP contribution is -2.48. The van der Waals surface area contributed by atoms with Crippen LogP contribution in [0.25, 0.3) is 0 Å². The van der Waals surface area contributed by atoms with E-state index in [-0.39, 0.29) is 6.04 Å². The Bertz CT molecular complexity index is 518. The van der Waals surface area contributed by atoms with Crippen molar-refractivity contribution in [2.45, 2.75) is 24.3 Å². The minimum Gasteiger partial charge on any atom is -0.378 e. The van der Waals surface area contributed by atoms with E-state index >= 15 is 0 Å². The van der Waals surface area contributed by atoms with Crippen LogP contribution in [-0.4, -0.2) is 38.5 Å². The van der Waals surface area contributed by atoms with Crippen LogP contribution in [0.4, 0.5) is 0 Å². The summed E-state index contributed by atoms with van der Waals surface area (Å²) < 4.78 is 32.8. The molecule has 1 unspecified atom stereocenters. The summed E-state index contributed by atoms with van der Waals surface area (Å²) in [5.74, 6) is 0. The molecule has 100 valence electrons. The molecule has 2 rings (SSSR count). The summed E-state index contributed by atoms with van der Waals surface area (Å²) in [6.07, 6.45) is 0.757. The lowest BCUT2D eigenvalue weighted by molar-refractivity contribution is 0.0314. The Kier molecular flexibility index (Phi) is 4.42. The standard InChI is InChI=1S/C12H16BrNO3S/c1-2-11-9-17-7-6-14(11)18(15,16)12-5-3-4-10(13)8-12/h3-5,8,11H,2,6-7,9H2,1H3. The van der Waals surface area contributed by atoms with Crippen molar-refractivity contribution in [3.05, 3.63) is 28.7 Å². The van der Waals surface area contributed by atoms with Crippen LogP contribution in [0.15, 0.2) is 33.6 Å². The minimum absolute atomic E-state index is 0.0669. The third-order valence-corrected chi connectivity index (χ3v) is 5.49. The van der Waals surface area contributed by atoms with Crippen molar-refractivity contribution in [2.75, 3.05) is 19.8 Å². The van der Waals surface area contributed by atoms with E-state index in [9.17, 15) is 8.42 Å². The molecule has 1 aromatic rings. The molecule has 1 aromatic carbocycles. The van der Waals surface area contributed by atoms with Gasteiger partial charge in [-0.1, -0.05) is 28.9 Å².